The average Bonchev–Trinajstić information content (AvgIpc) is 3.42. The molecule has 3 N–H and O–H groups in total. The van der Waals surface area contributed by atoms with Gasteiger partial charge in [-0.3, -0.25) is 9.59 Å². The molecule has 0 bridgehead atoms. The van der Waals surface area contributed by atoms with Crippen LogP contribution in [0.2, 0.25) is 0 Å². The summed E-state index contributed by atoms with van der Waals surface area (Å²) < 4.78 is 0.931. The van der Waals surface area contributed by atoms with Crippen molar-refractivity contribution in [3.8, 4) is 23.5 Å². The number of nitrogens with one attached hydrogen (secondary N) is 1. The van der Waals surface area contributed by atoms with Gasteiger partial charge in [0.05, 0.1) is 15.7 Å². The summed E-state index contributed by atoms with van der Waals surface area (Å²) in [6.07, 6.45) is 5.94. The van der Waals surface area contributed by atoms with E-state index in [2.05, 4.69) is 21.2 Å². The molecular formula is C22H16N4O2S2. The lowest BCUT2D eigenvalue weighted by Gasteiger charge is -2.10. The molecule has 0 aliphatic heterocycles. The molecular weight excluding hydrogens is 416 g/mol. The van der Waals surface area contributed by atoms with Gasteiger partial charge in [-0.1, -0.05) is 24.3 Å². The van der Waals surface area contributed by atoms with E-state index in [4.69, 9.17) is 12.2 Å². The number of amides is 2. The predicted molar refractivity (Wildman–Crippen MR) is 120 cm³/mol. The topological polar surface area (TPSA) is 98.0 Å². The Hall–Kier alpha value is -3.54. The van der Waals surface area contributed by atoms with Gasteiger partial charge in [0.15, 0.2) is 5.01 Å². The first-order chi connectivity index (χ1) is 14.6. The third-order valence-corrected chi connectivity index (χ3v) is 6.20. The molecule has 8 heteroatoms. The number of carbonyl (C=O) groups excluding carboxylic acids is 2. The van der Waals surface area contributed by atoms with Crippen LogP contribution >= 0.6 is 22.7 Å². The molecule has 148 valence electrons. The van der Waals surface area contributed by atoms with E-state index in [0.717, 1.165) is 26.9 Å². The second-order valence-electron chi connectivity index (χ2n) is 6.44. The van der Waals surface area contributed by atoms with Gasteiger partial charge in [-0.15, -0.1) is 29.1 Å². The zero-order valence-corrected chi connectivity index (χ0v) is 17.3. The van der Waals surface area contributed by atoms with Crippen molar-refractivity contribution in [1.82, 2.24) is 15.3 Å². The molecule has 2 aromatic heterocycles. The van der Waals surface area contributed by atoms with E-state index < -0.39 is 5.91 Å². The van der Waals surface area contributed by atoms with E-state index >= 15 is 0 Å². The average molecular weight is 433 g/mol. The molecule has 2 aromatic carbocycles. The molecule has 0 spiro atoms. The van der Waals surface area contributed by atoms with Crippen LogP contribution in [0.4, 0.5) is 0 Å². The Morgan fingerprint density at radius 2 is 1.93 bits per heavy atom. The fourth-order valence-corrected chi connectivity index (χ4v) is 4.57. The number of hydrogen-bond donors (Lipinski definition) is 2. The van der Waals surface area contributed by atoms with Crippen molar-refractivity contribution >= 4 is 44.7 Å². The van der Waals surface area contributed by atoms with Crippen LogP contribution in [-0.4, -0.2) is 28.3 Å². The first kappa shape index (κ1) is 19.8. The van der Waals surface area contributed by atoms with Gasteiger partial charge in [0.1, 0.15) is 5.69 Å². The normalized spacial score (nSPS) is 10.6. The number of primary amides is 1. The van der Waals surface area contributed by atoms with E-state index in [1.54, 1.807) is 23.0 Å². The molecule has 0 saturated heterocycles. The molecule has 4 aromatic rings. The summed E-state index contributed by atoms with van der Waals surface area (Å²) in [6, 6.07) is 11.4. The van der Waals surface area contributed by atoms with Gasteiger partial charge in [0, 0.05) is 23.1 Å². The van der Waals surface area contributed by atoms with Crippen LogP contribution in [0.15, 0.2) is 47.3 Å². The summed E-state index contributed by atoms with van der Waals surface area (Å²) in [7, 11) is 0. The quantitative estimate of drug-likeness (QED) is 0.456. The molecule has 4 rings (SSSR count). The Balaban J connectivity index is 1.47. The highest BCUT2D eigenvalue weighted by Gasteiger charge is 2.15. The van der Waals surface area contributed by atoms with E-state index in [1.165, 1.54) is 22.7 Å². The first-order valence-electron chi connectivity index (χ1n) is 9.02. The van der Waals surface area contributed by atoms with E-state index in [-0.39, 0.29) is 5.91 Å². The number of nitrogens with zero attached hydrogens (tertiary/aromatic N) is 2. The molecule has 30 heavy (non-hydrogen) atoms. The Morgan fingerprint density at radius 3 is 2.63 bits per heavy atom. The monoisotopic (exact) mass is 432 g/mol. The largest absolute Gasteiger partial charge is 0.366 e. The zero-order chi connectivity index (χ0) is 21.1. The predicted octanol–water partition coefficient (Wildman–Crippen LogP) is 3.47. The first-order valence-corrected chi connectivity index (χ1v) is 10.8. The standard InChI is InChI=1S/C22H16N4O2S2/c1-2-18-26-17(11-29-18)22(28)24-10-9-13-3-5-14(6-4-13)19-15(21(23)27)7-8-16-20(19)30-12-25-16/h1,3-8,11-12H,9-10H2,(H2,23,27)(H,24,28). The van der Waals surface area contributed by atoms with Crippen molar-refractivity contribution in [2.24, 2.45) is 5.73 Å². The fourth-order valence-electron chi connectivity index (χ4n) is 3.11. The molecule has 0 fully saturated rings. The fraction of sp³-hybridized carbons (Fsp3) is 0.0909. The maximum Gasteiger partial charge on any atom is 0.270 e. The highest BCUT2D eigenvalue weighted by atomic mass is 32.1. The Morgan fingerprint density at radius 1 is 1.13 bits per heavy atom. The molecule has 0 radical (unpaired) electrons. The van der Waals surface area contributed by atoms with E-state index in [1.807, 2.05) is 24.3 Å². The van der Waals surface area contributed by atoms with Gasteiger partial charge >= 0.3 is 0 Å². The lowest BCUT2D eigenvalue weighted by atomic mass is 9.97. The summed E-state index contributed by atoms with van der Waals surface area (Å²) in [6.45, 7) is 0.470. The molecule has 0 saturated carbocycles. The molecule has 0 aliphatic carbocycles. The van der Waals surface area contributed by atoms with Gasteiger partial charge in [-0.2, -0.15) is 0 Å². The SMILES string of the molecule is C#Cc1nc(C(=O)NCCc2ccc(-c3c(C(N)=O)ccc4ncsc34)cc2)cs1. The van der Waals surface area contributed by atoms with Crippen molar-refractivity contribution < 1.29 is 9.59 Å². The van der Waals surface area contributed by atoms with Crippen LogP contribution < -0.4 is 11.1 Å². The van der Waals surface area contributed by atoms with Gasteiger partial charge in [-0.05, 0) is 35.6 Å². The lowest BCUT2D eigenvalue weighted by Crippen LogP contribution is -2.25. The van der Waals surface area contributed by atoms with E-state index in [9.17, 15) is 9.59 Å². The van der Waals surface area contributed by atoms with E-state index in [0.29, 0.717) is 29.2 Å². The van der Waals surface area contributed by atoms with Crippen molar-refractivity contribution in [3.05, 3.63) is 69.1 Å². The van der Waals surface area contributed by atoms with Crippen molar-refractivity contribution in [2.45, 2.75) is 6.42 Å². The summed E-state index contributed by atoms with van der Waals surface area (Å²) >= 11 is 2.75. The number of thiazole rings is 2. The minimum Gasteiger partial charge on any atom is -0.366 e. The van der Waals surface area contributed by atoms with Crippen LogP contribution in [-0.2, 0) is 6.42 Å². The second kappa shape index (κ2) is 8.45. The number of hydrogen-bond acceptors (Lipinski definition) is 6. The van der Waals surface area contributed by atoms with Crippen molar-refractivity contribution in [2.75, 3.05) is 6.54 Å². The van der Waals surface area contributed by atoms with Crippen LogP contribution in [0.1, 0.15) is 31.4 Å². The van der Waals surface area contributed by atoms with Gasteiger partial charge in [0.25, 0.3) is 5.91 Å². The van der Waals surface area contributed by atoms with Gasteiger partial charge in [-0.25, -0.2) is 9.97 Å². The Bertz CT molecular complexity index is 1280. The summed E-state index contributed by atoms with van der Waals surface area (Å²) in [5.41, 5.74) is 11.7. The number of carbonyl (C=O) groups is 2. The zero-order valence-electron chi connectivity index (χ0n) is 15.7. The summed E-state index contributed by atoms with van der Waals surface area (Å²) in [4.78, 5) is 32.4. The number of benzene rings is 2. The third-order valence-electron chi connectivity index (χ3n) is 4.57. The van der Waals surface area contributed by atoms with Crippen LogP contribution in [0.3, 0.4) is 0 Å². The smallest absolute Gasteiger partial charge is 0.270 e. The second-order valence-corrected chi connectivity index (χ2v) is 8.15. The molecule has 0 unspecified atom stereocenters. The van der Waals surface area contributed by atoms with Gasteiger partial charge in [0.2, 0.25) is 5.91 Å². The minimum atomic E-state index is -0.470. The highest BCUT2D eigenvalue weighted by Crippen LogP contribution is 2.34. The van der Waals surface area contributed by atoms with Crippen molar-refractivity contribution in [3.63, 3.8) is 0 Å². The van der Waals surface area contributed by atoms with Crippen LogP contribution in [0.5, 0.6) is 0 Å². The maximum atomic E-state index is 12.1. The minimum absolute atomic E-state index is 0.243. The number of terminal acetylenes is 1. The molecule has 2 amide bonds. The van der Waals surface area contributed by atoms with Crippen LogP contribution in [0, 0.1) is 12.3 Å². The molecule has 6 nitrogen and oxygen atoms in total. The van der Waals surface area contributed by atoms with Gasteiger partial charge < -0.3 is 11.1 Å². The Labute approximate surface area is 180 Å². The third kappa shape index (κ3) is 3.94. The lowest BCUT2D eigenvalue weighted by molar-refractivity contribution is 0.0948. The molecule has 0 aliphatic rings. The molecule has 0 atom stereocenters. The summed E-state index contributed by atoms with van der Waals surface area (Å²) in [5, 5.41) is 4.98. The number of rotatable bonds is 6. The molecule has 2 heterocycles. The highest BCUT2D eigenvalue weighted by molar-refractivity contribution is 7.17. The summed E-state index contributed by atoms with van der Waals surface area (Å²) in [5.74, 6) is 1.70. The number of fused-ring (bicyclic) bond motifs is 1. The van der Waals surface area contributed by atoms with Crippen molar-refractivity contribution in [1.29, 1.82) is 0 Å². The van der Waals surface area contributed by atoms with Crippen LogP contribution in [0.25, 0.3) is 21.3 Å². The Kier molecular flexibility index (Phi) is 5.57. The maximum absolute atomic E-state index is 12.1. The number of aromatic nitrogens is 2. The number of nitrogens with two attached hydrogens (primary N) is 1.